The minimum Gasteiger partial charge on any atom is -0.380 e. The molecule has 0 aliphatic rings. The lowest BCUT2D eigenvalue weighted by Crippen LogP contribution is -2.20. The monoisotopic (exact) mass is 368 g/mol. The molecule has 0 saturated heterocycles. The second kappa shape index (κ2) is 7.80. The molecule has 0 radical (unpaired) electrons. The minimum atomic E-state index is 0.0506. The summed E-state index contributed by atoms with van der Waals surface area (Å²) in [7, 11) is 1.69. The largest absolute Gasteiger partial charge is 0.380 e. The van der Waals surface area contributed by atoms with Crippen LogP contribution in [0.3, 0.4) is 0 Å². The minimum absolute atomic E-state index is 0.0506. The van der Waals surface area contributed by atoms with E-state index in [0.29, 0.717) is 18.2 Å². The molecule has 0 saturated carbocycles. The summed E-state index contributed by atoms with van der Waals surface area (Å²) in [6.45, 7) is 1.12. The maximum atomic E-state index is 6.00. The van der Waals surface area contributed by atoms with Crippen LogP contribution >= 0.6 is 27.5 Å². The summed E-state index contributed by atoms with van der Waals surface area (Å²) in [5.41, 5.74) is 9.15. The lowest BCUT2D eigenvalue weighted by molar-refractivity contribution is 0.185. The van der Waals surface area contributed by atoms with E-state index < -0.39 is 0 Å². The number of hydrogen-bond acceptors (Lipinski definition) is 3. The van der Waals surface area contributed by atoms with Crippen LogP contribution in [0.5, 0.6) is 0 Å². The van der Waals surface area contributed by atoms with Crippen molar-refractivity contribution < 1.29 is 4.74 Å². The van der Waals surface area contributed by atoms with Crippen LogP contribution < -0.4 is 11.1 Å². The number of anilines is 1. The number of methoxy groups -OCH3 is 1. The van der Waals surface area contributed by atoms with Crippen LogP contribution in [0.4, 0.5) is 5.69 Å². The van der Waals surface area contributed by atoms with E-state index in [2.05, 4.69) is 45.5 Å². The number of nitrogens with two attached hydrogens (primary N) is 1. The molecule has 3 N–H and O–H groups in total. The van der Waals surface area contributed by atoms with Crippen molar-refractivity contribution in [2.75, 3.05) is 19.0 Å². The highest BCUT2D eigenvalue weighted by Gasteiger charge is 2.10. The molecule has 1 atom stereocenters. The summed E-state index contributed by atoms with van der Waals surface area (Å²) in [5.74, 6) is 0. The summed E-state index contributed by atoms with van der Waals surface area (Å²) in [4.78, 5) is 0. The quantitative estimate of drug-likeness (QED) is 0.795. The van der Waals surface area contributed by atoms with E-state index in [0.717, 1.165) is 21.3 Å². The third-order valence-electron chi connectivity index (χ3n) is 3.19. The Bertz CT molecular complexity index is 589. The fourth-order valence-corrected chi connectivity index (χ4v) is 2.57. The Morgan fingerprint density at radius 3 is 2.52 bits per heavy atom. The lowest BCUT2D eigenvalue weighted by Gasteiger charge is -2.19. The Labute approximate surface area is 138 Å². The van der Waals surface area contributed by atoms with Gasteiger partial charge in [0.2, 0.25) is 0 Å². The van der Waals surface area contributed by atoms with E-state index in [-0.39, 0.29) is 6.04 Å². The second-order valence-corrected chi connectivity index (χ2v) is 6.00. The maximum absolute atomic E-state index is 6.00. The Balaban J connectivity index is 2.13. The van der Waals surface area contributed by atoms with Gasteiger partial charge >= 0.3 is 0 Å². The SMILES string of the molecule is COCc1ccc(C(CN)Nc2ccc(Cl)c(Br)c2)cc1. The van der Waals surface area contributed by atoms with Crippen LogP contribution in [0, 0.1) is 0 Å². The Morgan fingerprint density at radius 1 is 1.24 bits per heavy atom. The fraction of sp³-hybridized carbons (Fsp3) is 0.250. The van der Waals surface area contributed by atoms with Gasteiger partial charge in [0.05, 0.1) is 17.7 Å². The van der Waals surface area contributed by atoms with Gasteiger partial charge in [-0.1, -0.05) is 35.9 Å². The molecular weight excluding hydrogens is 352 g/mol. The molecule has 0 heterocycles. The number of hydrogen-bond donors (Lipinski definition) is 2. The van der Waals surface area contributed by atoms with Gasteiger partial charge in [-0.2, -0.15) is 0 Å². The molecule has 1 unspecified atom stereocenters. The molecule has 5 heteroatoms. The highest BCUT2D eigenvalue weighted by molar-refractivity contribution is 9.10. The van der Waals surface area contributed by atoms with Gasteiger partial charge < -0.3 is 15.8 Å². The van der Waals surface area contributed by atoms with Gasteiger partial charge in [0.25, 0.3) is 0 Å². The van der Waals surface area contributed by atoms with Crippen molar-refractivity contribution in [2.45, 2.75) is 12.6 Å². The molecule has 2 rings (SSSR count). The van der Waals surface area contributed by atoms with E-state index in [1.54, 1.807) is 7.11 Å². The van der Waals surface area contributed by atoms with E-state index in [9.17, 15) is 0 Å². The van der Waals surface area contributed by atoms with Crippen molar-refractivity contribution in [1.82, 2.24) is 0 Å². The van der Waals surface area contributed by atoms with Crippen molar-refractivity contribution in [2.24, 2.45) is 5.73 Å². The van der Waals surface area contributed by atoms with Gasteiger partial charge in [0, 0.05) is 23.8 Å². The molecule has 0 aliphatic carbocycles. The van der Waals surface area contributed by atoms with E-state index in [1.807, 2.05) is 18.2 Å². The number of ether oxygens (including phenoxy) is 1. The van der Waals surface area contributed by atoms with Crippen molar-refractivity contribution in [3.8, 4) is 0 Å². The smallest absolute Gasteiger partial charge is 0.0713 e. The third kappa shape index (κ3) is 4.45. The van der Waals surface area contributed by atoms with E-state index >= 15 is 0 Å². The predicted octanol–water partition coefficient (Wildman–Crippen LogP) is 4.36. The number of rotatable bonds is 6. The average molecular weight is 370 g/mol. The molecular formula is C16H18BrClN2O. The van der Waals surface area contributed by atoms with Crippen molar-refractivity contribution in [1.29, 1.82) is 0 Å². The van der Waals surface area contributed by atoms with Gasteiger partial charge in [0.1, 0.15) is 0 Å². The zero-order chi connectivity index (χ0) is 15.2. The van der Waals surface area contributed by atoms with Gasteiger partial charge in [-0.3, -0.25) is 0 Å². The first kappa shape index (κ1) is 16.3. The van der Waals surface area contributed by atoms with Gasteiger partial charge in [-0.25, -0.2) is 0 Å². The van der Waals surface area contributed by atoms with Crippen LogP contribution in [0.15, 0.2) is 46.9 Å². The summed E-state index contributed by atoms with van der Waals surface area (Å²) in [6.07, 6.45) is 0. The molecule has 112 valence electrons. The first-order valence-corrected chi connectivity index (χ1v) is 7.80. The summed E-state index contributed by atoms with van der Waals surface area (Å²) in [5, 5.41) is 4.11. The Hall–Kier alpha value is -1.07. The maximum Gasteiger partial charge on any atom is 0.0713 e. The Morgan fingerprint density at radius 2 is 1.95 bits per heavy atom. The molecule has 0 fully saturated rings. The summed E-state index contributed by atoms with van der Waals surface area (Å²) >= 11 is 9.43. The zero-order valence-corrected chi connectivity index (χ0v) is 14.1. The zero-order valence-electron chi connectivity index (χ0n) is 11.8. The molecule has 0 aliphatic heterocycles. The predicted molar refractivity (Wildman–Crippen MR) is 91.7 cm³/mol. The molecule has 0 spiro atoms. The van der Waals surface area contributed by atoms with Crippen LogP contribution in [0.25, 0.3) is 0 Å². The van der Waals surface area contributed by atoms with Crippen molar-refractivity contribution in [3.05, 3.63) is 63.1 Å². The van der Waals surface area contributed by atoms with Gasteiger partial charge in [-0.15, -0.1) is 0 Å². The molecule has 0 amide bonds. The third-order valence-corrected chi connectivity index (χ3v) is 4.40. The van der Waals surface area contributed by atoms with Crippen LogP contribution in [0.2, 0.25) is 5.02 Å². The van der Waals surface area contributed by atoms with Gasteiger partial charge in [0.15, 0.2) is 0 Å². The number of halogens is 2. The van der Waals surface area contributed by atoms with Crippen LogP contribution in [-0.4, -0.2) is 13.7 Å². The number of benzene rings is 2. The molecule has 21 heavy (non-hydrogen) atoms. The molecule has 0 aromatic heterocycles. The first-order valence-electron chi connectivity index (χ1n) is 6.63. The van der Waals surface area contributed by atoms with Crippen LogP contribution in [-0.2, 0) is 11.3 Å². The second-order valence-electron chi connectivity index (χ2n) is 4.74. The molecule has 0 bridgehead atoms. The molecule has 3 nitrogen and oxygen atoms in total. The van der Waals surface area contributed by atoms with Crippen molar-refractivity contribution >= 4 is 33.2 Å². The first-order chi connectivity index (χ1) is 10.1. The van der Waals surface area contributed by atoms with E-state index in [1.165, 1.54) is 0 Å². The highest BCUT2D eigenvalue weighted by atomic mass is 79.9. The molecule has 2 aromatic rings. The summed E-state index contributed by atoms with van der Waals surface area (Å²) < 4.78 is 5.98. The number of nitrogens with one attached hydrogen (secondary N) is 1. The fourth-order valence-electron chi connectivity index (χ4n) is 2.08. The van der Waals surface area contributed by atoms with Crippen molar-refractivity contribution in [3.63, 3.8) is 0 Å². The average Bonchev–Trinajstić information content (AvgIpc) is 2.50. The lowest BCUT2D eigenvalue weighted by atomic mass is 10.0. The molecule has 2 aromatic carbocycles. The topological polar surface area (TPSA) is 47.3 Å². The normalized spacial score (nSPS) is 12.2. The van der Waals surface area contributed by atoms with E-state index in [4.69, 9.17) is 22.1 Å². The van der Waals surface area contributed by atoms with Crippen LogP contribution in [0.1, 0.15) is 17.2 Å². The summed E-state index contributed by atoms with van der Waals surface area (Å²) in [6, 6.07) is 14.0. The van der Waals surface area contributed by atoms with Gasteiger partial charge in [-0.05, 0) is 45.3 Å². The highest BCUT2D eigenvalue weighted by Crippen LogP contribution is 2.27. The Kier molecular flexibility index (Phi) is 6.06. The standard InChI is InChI=1S/C16H18BrClN2O/c1-21-10-11-2-4-12(5-3-11)16(9-19)20-13-6-7-15(18)14(17)8-13/h2-8,16,20H,9-10,19H2,1H3.